The summed E-state index contributed by atoms with van der Waals surface area (Å²) in [6, 6.07) is 0.254. The van der Waals surface area contributed by atoms with Gasteiger partial charge in [0.2, 0.25) is 0 Å². The summed E-state index contributed by atoms with van der Waals surface area (Å²) in [5.41, 5.74) is 0. The van der Waals surface area contributed by atoms with E-state index in [2.05, 4.69) is 12.2 Å². The minimum Gasteiger partial charge on any atom is -0.378 e. The van der Waals surface area contributed by atoms with E-state index in [1.807, 2.05) is 7.05 Å². The molecule has 1 aliphatic rings. The third-order valence-corrected chi connectivity index (χ3v) is 3.95. The van der Waals surface area contributed by atoms with Crippen molar-refractivity contribution in [1.29, 1.82) is 0 Å². The Kier molecular flexibility index (Phi) is 4.55. The van der Waals surface area contributed by atoms with Gasteiger partial charge in [0.05, 0.1) is 18.5 Å². The maximum atomic E-state index is 11.1. The van der Waals surface area contributed by atoms with Gasteiger partial charge in [-0.25, -0.2) is 8.42 Å². The predicted molar refractivity (Wildman–Crippen MR) is 60.7 cm³/mol. The molecule has 3 unspecified atom stereocenters. The van der Waals surface area contributed by atoms with Crippen LogP contribution in [0.15, 0.2) is 0 Å². The van der Waals surface area contributed by atoms with Crippen molar-refractivity contribution in [2.75, 3.05) is 25.7 Å². The van der Waals surface area contributed by atoms with Crippen molar-refractivity contribution < 1.29 is 13.2 Å². The molecule has 1 saturated heterocycles. The molecule has 5 heteroatoms. The fraction of sp³-hybridized carbons (Fsp3) is 1.00. The highest BCUT2D eigenvalue weighted by molar-refractivity contribution is 7.90. The first kappa shape index (κ1) is 12.9. The average Bonchev–Trinajstić information content (AvgIpc) is 2.51. The third-order valence-electron chi connectivity index (χ3n) is 2.97. The Balaban J connectivity index is 2.42. The highest BCUT2D eigenvalue weighted by atomic mass is 32.2. The highest BCUT2D eigenvalue weighted by Gasteiger charge is 2.28. The van der Waals surface area contributed by atoms with Crippen LogP contribution in [0, 0.1) is 5.92 Å². The maximum absolute atomic E-state index is 11.1. The number of nitrogens with one attached hydrogen (secondary N) is 1. The molecule has 90 valence electrons. The van der Waals surface area contributed by atoms with Crippen LogP contribution >= 0.6 is 0 Å². The Morgan fingerprint density at radius 1 is 1.53 bits per heavy atom. The Labute approximate surface area is 92.3 Å². The largest absolute Gasteiger partial charge is 0.378 e. The van der Waals surface area contributed by atoms with Gasteiger partial charge >= 0.3 is 0 Å². The fourth-order valence-electron chi connectivity index (χ4n) is 2.09. The van der Waals surface area contributed by atoms with E-state index in [4.69, 9.17) is 4.74 Å². The highest BCUT2D eigenvalue weighted by Crippen LogP contribution is 2.23. The molecule has 0 aromatic carbocycles. The first-order chi connectivity index (χ1) is 6.92. The number of hydrogen-bond acceptors (Lipinski definition) is 4. The summed E-state index contributed by atoms with van der Waals surface area (Å²) >= 11 is 0. The van der Waals surface area contributed by atoms with E-state index < -0.39 is 9.84 Å². The Morgan fingerprint density at radius 3 is 2.60 bits per heavy atom. The van der Waals surface area contributed by atoms with Gasteiger partial charge in [-0.1, -0.05) is 0 Å². The van der Waals surface area contributed by atoms with Crippen LogP contribution in [0.4, 0.5) is 0 Å². The molecule has 0 aliphatic carbocycles. The Bertz CT molecular complexity index is 289. The van der Waals surface area contributed by atoms with Crippen molar-refractivity contribution in [3.05, 3.63) is 0 Å². The van der Waals surface area contributed by atoms with Gasteiger partial charge in [0.25, 0.3) is 0 Å². The van der Waals surface area contributed by atoms with E-state index in [0.717, 1.165) is 13.0 Å². The van der Waals surface area contributed by atoms with Gasteiger partial charge in [-0.15, -0.1) is 0 Å². The molecule has 0 aromatic rings. The molecule has 1 N–H and O–H groups in total. The zero-order chi connectivity index (χ0) is 11.5. The van der Waals surface area contributed by atoms with Gasteiger partial charge in [0, 0.05) is 18.2 Å². The van der Waals surface area contributed by atoms with E-state index in [1.165, 1.54) is 6.26 Å². The van der Waals surface area contributed by atoms with Crippen LogP contribution in [0.2, 0.25) is 0 Å². The number of ether oxygens (including phenoxy) is 1. The van der Waals surface area contributed by atoms with Crippen LogP contribution in [-0.2, 0) is 14.6 Å². The second-order valence-corrected chi connectivity index (χ2v) is 6.71. The standard InChI is InChI=1S/C10H21NO3S/c1-8-6-9(7-14-8)10(11-2)4-5-15(3,12)13/h8-11H,4-7H2,1-3H3. The summed E-state index contributed by atoms with van der Waals surface area (Å²) < 4.78 is 27.6. The molecule has 4 nitrogen and oxygen atoms in total. The lowest BCUT2D eigenvalue weighted by Crippen LogP contribution is -2.35. The quantitative estimate of drug-likeness (QED) is 0.751. The minimum atomic E-state index is -2.85. The topological polar surface area (TPSA) is 55.4 Å². The first-order valence-electron chi connectivity index (χ1n) is 5.39. The monoisotopic (exact) mass is 235 g/mol. The maximum Gasteiger partial charge on any atom is 0.147 e. The summed E-state index contributed by atoms with van der Waals surface area (Å²) in [5.74, 6) is 0.704. The van der Waals surface area contributed by atoms with Crippen molar-refractivity contribution in [3.8, 4) is 0 Å². The zero-order valence-electron chi connectivity index (χ0n) is 9.69. The molecule has 0 amide bonds. The minimum absolute atomic E-state index is 0.253. The molecule has 0 radical (unpaired) electrons. The molecule has 0 spiro atoms. The third kappa shape index (κ3) is 4.49. The fourth-order valence-corrected chi connectivity index (χ4v) is 2.77. The Hall–Kier alpha value is -0.130. The molecule has 3 atom stereocenters. The first-order valence-corrected chi connectivity index (χ1v) is 7.45. The van der Waals surface area contributed by atoms with Crippen LogP contribution in [0.25, 0.3) is 0 Å². The van der Waals surface area contributed by atoms with Crippen molar-refractivity contribution in [1.82, 2.24) is 5.32 Å². The van der Waals surface area contributed by atoms with Gasteiger partial charge in [0.1, 0.15) is 9.84 Å². The van der Waals surface area contributed by atoms with Crippen molar-refractivity contribution in [2.24, 2.45) is 5.92 Å². The van der Waals surface area contributed by atoms with Gasteiger partial charge in [-0.3, -0.25) is 0 Å². The van der Waals surface area contributed by atoms with Crippen LogP contribution in [0.5, 0.6) is 0 Å². The molecular formula is C10H21NO3S. The summed E-state index contributed by atoms with van der Waals surface area (Å²) in [5, 5.41) is 3.19. The number of sulfone groups is 1. The lowest BCUT2D eigenvalue weighted by Gasteiger charge is -2.21. The molecule has 0 saturated carbocycles. The van der Waals surface area contributed by atoms with E-state index >= 15 is 0 Å². The zero-order valence-corrected chi connectivity index (χ0v) is 10.5. The van der Waals surface area contributed by atoms with Crippen molar-refractivity contribution in [2.45, 2.75) is 31.9 Å². The van der Waals surface area contributed by atoms with E-state index in [-0.39, 0.29) is 11.8 Å². The molecule has 1 heterocycles. The predicted octanol–water partition coefficient (Wildman–Crippen LogP) is 0.434. The van der Waals surface area contributed by atoms with E-state index in [9.17, 15) is 8.42 Å². The number of hydrogen-bond donors (Lipinski definition) is 1. The van der Waals surface area contributed by atoms with E-state index in [0.29, 0.717) is 18.4 Å². The summed E-state index contributed by atoms with van der Waals surface area (Å²) in [6.07, 6.45) is 3.29. The van der Waals surface area contributed by atoms with Gasteiger partial charge in [-0.05, 0) is 26.8 Å². The summed E-state index contributed by atoms with van der Waals surface area (Å²) in [4.78, 5) is 0. The number of rotatable bonds is 5. The van der Waals surface area contributed by atoms with Crippen LogP contribution in [0.1, 0.15) is 19.8 Å². The summed E-state index contributed by atoms with van der Waals surface area (Å²) in [7, 11) is -0.968. The smallest absolute Gasteiger partial charge is 0.147 e. The second kappa shape index (κ2) is 5.27. The second-order valence-electron chi connectivity index (χ2n) is 4.45. The van der Waals surface area contributed by atoms with Crippen LogP contribution in [0.3, 0.4) is 0 Å². The molecule has 15 heavy (non-hydrogen) atoms. The lowest BCUT2D eigenvalue weighted by molar-refractivity contribution is 0.117. The van der Waals surface area contributed by atoms with Crippen molar-refractivity contribution >= 4 is 9.84 Å². The Morgan fingerprint density at radius 2 is 2.20 bits per heavy atom. The van der Waals surface area contributed by atoms with E-state index in [1.54, 1.807) is 0 Å². The lowest BCUT2D eigenvalue weighted by atomic mass is 9.95. The molecule has 1 fully saturated rings. The molecule has 0 aromatic heterocycles. The molecule has 1 aliphatic heterocycles. The van der Waals surface area contributed by atoms with Gasteiger partial charge < -0.3 is 10.1 Å². The normalized spacial score (nSPS) is 29.3. The average molecular weight is 235 g/mol. The molecule has 0 bridgehead atoms. The molecule has 1 rings (SSSR count). The SMILES string of the molecule is CNC(CCS(C)(=O)=O)C1COC(C)C1. The summed E-state index contributed by atoms with van der Waals surface area (Å²) in [6.45, 7) is 2.81. The molecular weight excluding hydrogens is 214 g/mol. The van der Waals surface area contributed by atoms with Crippen LogP contribution in [-0.4, -0.2) is 46.2 Å². The van der Waals surface area contributed by atoms with Crippen molar-refractivity contribution in [3.63, 3.8) is 0 Å². The van der Waals surface area contributed by atoms with Gasteiger partial charge in [-0.2, -0.15) is 0 Å². The van der Waals surface area contributed by atoms with Gasteiger partial charge in [0.15, 0.2) is 0 Å². The van der Waals surface area contributed by atoms with Crippen LogP contribution < -0.4 is 5.32 Å².